The molecule has 1 saturated heterocycles. The molecule has 0 aromatic carbocycles. The quantitative estimate of drug-likeness (QED) is 0.888. The Balaban J connectivity index is 1.84. The van der Waals surface area contributed by atoms with Crippen LogP contribution >= 0.6 is 0 Å². The van der Waals surface area contributed by atoms with Gasteiger partial charge in [0.05, 0.1) is 11.9 Å². The Morgan fingerprint density at radius 1 is 1.28 bits per heavy atom. The summed E-state index contributed by atoms with van der Waals surface area (Å²) in [4.78, 5) is 12.7. The molecule has 25 heavy (non-hydrogen) atoms. The third kappa shape index (κ3) is 3.67. The Hall–Kier alpha value is -2.00. The maximum absolute atomic E-state index is 12.7. The van der Waals surface area contributed by atoms with E-state index in [1.54, 1.807) is 18.3 Å². The zero-order valence-corrected chi connectivity index (χ0v) is 15.5. The third-order valence-electron chi connectivity index (χ3n) is 4.39. The number of carbonyl (C=O) groups is 1. The van der Waals surface area contributed by atoms with Gasteiger partial charge in [0.2, 0.25) is 15.9 Å². The van der Waals surface area contributed by atoms with Crippen molar-refractivity contribution in [1.82, 2.24) is 18.9 Å². The van der Waals surface area contributed by atoms with Crippen LogP contribution in [-0.2, 0) is 14.8 Å². The normalized spacial score (nSPS) is 19.4. The Labute approximate surface area is 147 Å². The highest BCUT2D eigenvalue weighted by atomic mass is 32.2. The summed E-state index contributed by atoms with van der Waals surface area (Å²) in [6.07, 6.45) is 5.07. The number of hydrogen-bond donors (Lipinski definition) is 1. The zero-order chi connectivity index (χ0) is 18.2. The molecule has 1 atom stereocenters. The van der Waals surface area contributed by atoms with Gasteiger partial charge in [0.1, 0.15) is 11.9 Å². The molecule has 0 spiro atoms. The van der Waals surface area contributed by atoms with E-state index in [0.717, 1.165) is 24.9 Å². The molecule has 0 aliphatic carbocycles. The van der Waals surface area contributed by atoms with E-state index in [9.17, 15) is 13.2 Å². The maximum Gasteiger partial charge on any atom is 0.242 e. The van der Waals surface area contributed by atoms with Gasteiger partial charge in [0.15, 0.2) is 5.65 Å². The largest absolute Gasteiger partial charge is 0.323 e. The standard InChI is InChI=1S/C16H23N5O3S/c1-11(2)15-19-18-14-8-7-12(10-20(14)15)17-16(22)13-6-4-5-9-21(13)25(3,23)24/h7-8,10-11,13H,4-6,9H2,1-3H3,(H,17,22). The highest BCUT2D eigenvalue weighted by Crippen LogP contribution is 2.22. The summed E-state index contributed by atoms with van der Waals surface area (Å²) >= 11 is 0. The number of hydrogen-bond acceptors (Lipinski definition) is 5. The van der Waals surface area contributed by atoms with Gasteiger partial charge in [-0.1, -0.05) is 20.3 Å². The second-order valence-corrected chi connectivity index (χ2v) is 8.67. The number of pyridine rings is 1. The number of piperidine rings is 1. The molecule has 1 aliphatic heterocycles. The molecule has 3 rings (SSSR count). The lowest BCUT2D eigenvalue weighted by Crippen LogP contribution is -2.49. The van der Waals surface area contributed by atoms with E-state index in [1.165, 1.54) is 4.31 Å². The first-order chi connectivity index (χ1) is 11.8. The van der Waals surface area contributed by atoms with E-state index < -0.39 is 16.1 Å². The highest BCUT2D eigenvalue weighted by Gasteiger charge is 2.34. The van der Waals surface area contributed by atoms with Crippen molar-refractivity contribution in [3.8, 4) is 0 Å². The highest BCUT2D eigenvalue weighted by molar-refractivity contribution is 7.88. The average Bonchev–Trinajstić information content (AvgIpc) is 2.97. The third-order valence-corrected chi connectivity index (χ3v) is 5.68. The van der Waals surface area contributed by atoms with Crippen LogP contribution in [0.25, 0.3) is 5.65 Å². The number of aromatic nitrogens is 3. The molecule has 2 aromatic heterocycles. The Morgan fingerprint density at radius 3 is 2.72 bits per heavy atom. The SMILES string of the molecule is CC(C)c1nnc2ccc(NC(=O)C3CCCCN3S(C)(=O)=O)cn12. The van der Waals surface area contributed by atoms with Crippen molar-refractivity contribution < 1.29 is 13.2 Å². The fourth-order valence-electron chi connectivity index (χ4n) is 3.17. The van der Waals surface area contributed by atoms with Gasteiger partial charge >= 0.3 is 0 Å². The van der Waals surface area contributed by atoms with E-state index in [2.05, 4.69) is 15.5 Å². The van der Waals surface area contributed by atoms with Crippen molar-refractivity contribution in [3.05, 3.63) is 24.2 Å². The van der Waals surface area contributed by atoms with Crippen LogP contribution in [0.3, 0.4) is 0 Å². The van der Waals surface area contributed by atoms with Gasteiger partial charge in [0, 0.05) is 18.7 Å². The molecule has 1 fully saturated rings. The van der Waals surface area contributed by atoms with E-state index >= 15 is 0 Å². The van der Waals surface area contributed by atoms with Crippen LogP contribution in [0.15, 0.2) is 18.3 Å². The summed E-state index contributed by atoms with van der Waals surface area (Å²) in [7, 11) is -3.41. The predicted octanol–water partition coefficient (Wildman–Crippen LogP) is 1.61. The van der Waals surface area contributed by atoms with Gasteiger partial charge in [-0.3, -0.25) is 9.20 Å². The summed E-state index contributed by atoms with van der Waals surface area (Å²) in [5.74, 6) is 0.699. The number of nitrogens with one attached hydrogen (secondary N) is 1. The van der Waals surface area contributed by atoms with Crippen LogP contribution < -0.4 is 5.32 Å². The van der Waals surface area contributed by atoms with E-state index in [-0.39, 0.29) is 11.8 Å². The lowest BCUT2D eigenvalue weighted by molar-refractivity contribution is -0.120. The van der Waals surface area contributed by atoms with Gasteiger partial charge in [-0.15, -0.1) is 10.2 Å². The van der Waals surface area contributed by atoms with E-state index in [4.69, 9.17) is 0 Å². The van der Waals surface area contributed by atoms with Crippen LogP contribution in [0.1, 0.15) is 44.9 Å². The Kier molecular flexibility index (Phi) is 4.79. The molecular weight excluding hydrogens is 342 g/mol. The van der Waals surface area contributed by atoms with Crippen LogP contribution in [0.2, 0.25) is 0 Å². The molecule has 3 heterocycles. The summed E-state index contributed by atoms with van der Waals surface area (Å²) in [6.45, 7) is 4.43. The van der Waals surface area contributed by atoms with Gasteiger partial charge in [0.25, 0.3) is 0 Å². The topological polar surface area (TPSA) is 96.7 Å². The number of rotatable bonds is 4. The van der Waals surface area contributed by atoms with Gasteiger partial charge in [-0.25, -0.2) is 8.42 Å². The van der Waals surface area contributed by atoms with Gasteiger partial charge in [-0.2, -0.15) is 4.31 Å². The minimum Gasteiger partial charge on any atom is -0.323 e. The van der Waals surface area contributed by atoms with E-state index in [0.29, 0.717) is 24.3 Å². The summed E-state index contributed by atoms with van der Waals surface area (Å²) in [6, 6.07) is 2.87. The number of anilines is 1. The second-order valence-electron chi connectivity index (χ2n) is 6.73. The number of sulfonamides is 1. The fourth-order valence-corrected chi connectivity index (χ4v) is 4.29. The van der Waals surface area contributed by atoms with Crippen LogP contribution in [0.5, 0.6) is 0 Å². The number of amides is 1. The first-order valence-corrected chi connectivity index (χ1v) is 10.2. The molecular formula is C16H23N5O3S. The smallest absolute Gasteiger partial charge is 0.242 e. The molecule has 8 nitrogen and oxygen atoms in total. The summed E-state index contributed by atoms with van der Waals surface area (Å²) in [5.41, 5.74) is 1.30. The monoisotopic (exact) mass is 365 g/mol. The second kappa shape index (κ2) is 6.72. The first-order valence-electron chi connectivity index (χ1n) is 8.39. The van der Waals surface area contributed by atoms with Crippen molar-refractivity contribution in [3.63, 3.8) is 0 Å². The number of nitrogens with zero attached hydrogens (tertiary/aromatic N) is 4. The summed E-state index contributed by atoms with van der Waals surface area (Å²) in [5, 5.41) is 11.1. The average molecular weight is 365 g/mol. The Bertz CT molecular complexity index is 890. The molecule has 0 saturated carbocycles. The maximum atomic E-state index is 12.7. The molecule has 0 radical (unpaired) electrons. The van der Waals surface area contributed by atoms with Crippen molar-refractivity contribution in [2.24, 2.45) is 0 Å². The number of carbonyl (C=O) groups excluding carboxylic acids is 1. The molecule has 2 aromatic rings. The lowest BCUT2D eigenvalue weighted by Gasteiger charge is -2.32. The molecule has 1 amide bonds. The Morgan fingerprint density at radius 2 is 2.04 bits per heavy atom. The van der Waals surface area contributed by atoms with Crippen LogP contribution in [0.4, 0.5) is 5.69 Å². The van der Waals surface area contributed by atoms with Crippen LogP contribution in [-0.4, -0.2) is 52.1 Å². The molecule has 1 N–H and O–H groups in total. The molecule has 1 unspecified atom stereocenters. The van der Waals surface area contributed by atoms with Gasteiger partial charge in [-0.05, 0) is 25.0 Å². The van der Waals surface area contributed by atoms with Gasteiger partial charge < -0.3 is 5.32 Å². The summed E-state index contributed by atoms with van der Waals surface area (Å²) < 4.78 is 27.0. The zero-order valence-electron chi connectivity index (χ0n) is 14.6. The molecule has 136 valence electrons. The molecule has 9 heteroatoms. The van der Waals surface area contributed by atoms with E-state index in [1.807, 2.05) is 18.2 Å². The van der Waals surface area contributed by atoms with Crippen molar-refractivity contribution in [2.75, 3.05) is 18.1 Å². The number of fused-ring (bicyclic) bond motifs is 1. The predicted molar refractivity (Wildman–Crippen MR) is 94.9 cm³/mol. The molecule has 0 bridgehead atoms. The minimum absolute atomic E-state index is 0.194. The van der Waals surface area contributed by atoms with Crippen molar-refractivity contribution in [1.29, 1.82) is 0 Å². The fraction of sp³-hybridized carbons (Fsp3) is 0.562. The first kappa shape index (κ1) is 17.8. The molecule has 1 aliphatic rings. The van der Waals surface area contributed by atoms with Crippen LogP contribution in [0, 0.1) is 0 Å². The van der Waals surface area contributed by atoms with Crippen molar-refractivity contribution in [2.45, 2.75) is 45.1 Å². The lowest BCUT2D eigenvalue weighted by atomic mass is 10.0. The minimum atomic E-state index is -3.41. The van der Waals surface area contributed by atoms with Crippen molar-refractivity contribution >= 4 is 27.3 Å².